The van der Waals surface area contributed by atoms with Crippen LogP contribution in [0, 0.1) is 0 Å². The molecule has 52 valence electrons. The molecule has 0 saturated heterocycles. The number of Topliss-reactive ketones (excluding diaryl/α,β-unsaturated/α-hetero) is 1. The third-order valence-corrected chi connectivity index (χ3v) is 1.89. The Morgan fingerprint density at radius 1 is 1.56 bits per heavy atom. The average molecular weight is 194 g/mol. The topological polar surface area (TPSA) is 46.2 Å². The number of halogens is 1. The molecule has 0 aliphatic heterocycles. The molecule has 0 aromatic carbocycles. The summed E-state index contributed by atoms with van der Waals surface area (Å²) in [6.07, 6.45) is 0. The molecule has 4 heteroatoms. The molecule has 0 fully saturated rings. The lowest BCUT2D eigenvalue weighted by atomic mass is 10.3. The minimum absolute atomic E-state index is 0.186. The van der Waals surface area contributed by atoms with Crippen LogP contribution in [0.5, 0.6) is 0 Å². The number of alkyl halides is 1. The molecule has 0 heterocycles. The van der Waals surface area contributed by atoms with Gasteiger partial charge in [-0.1, -0.05) is 15.9 Å². The maximum Gasteiger partial charge on any atom is 0.241 e. The van der Waals surface area contributed by atoms with E-state index in [1.165, 1.54) is 14.0 Å². The molecule has 0 saturated carbocycles. The lowest BCUT2D eigenvalue weighted by molar-refractivity contribution is -0.125. The van der Waals surface area contributed by atoms with E-state index in [1.807, 2.05) is 0 Å². The van der Waals surface area contributed by atoms with Crippen molar-refractivity contribution in [3.8, 4) is 0 Å². The minimum Gasteiger partial charge on any atom is -0.358 e. The average Bonchev–Trinajstić information content (AvgIpc) is 1.84. The second kappa shape index (κ2) is 3.61. The molecule has 0 bridgehead atoms. The van der Waals surface area contributed by atoms with Crippen molar-refractivity contribution in [2.75, 3.05) is 7.05 Å². The van der Waals surface area contributed by atoms with Gasteiger partial charge < -0.3 is 5.32 Å². The molecule has 0 radical (unpaired) electrons. The van der Waals surface area contributed by atoms with Crippen LogP contribution in [0.3, 0.4) is 0 Å². The summed E-state index contributed by atoms with van der Waals surface area (Å²) in [7, 11) is 1.49. The fourth-order valence-electron chi connectivity index (χ4n) is 0.311. The van der Waals surface area contributed by atoms with Crippen LogP contribution < -0.4 is 5.32 Å². The van der Waals surface area contributed by atoms with Crippen molar-refractivity contribution in [2.24, 2.45) is 0 Å². The van der Waals surface area contributed by atoms with Crippen molar-refractivity contribution < 1.29 is 9.59 Å². The Kier molecular flexibility index (Phi) is 3.46. The van der Waals surface area contributed by atoms with Crippen LogP contribution in [-0.2, 0) is 9.59 Å². The first-order valence-corrected chi connectivity index (χ1v) is 3.37. The SMILES string of the molecule is CNC(=O)C(Br)C(C)=O. The number of ketones is 1. The summed E-state index contributed by atoms with van der Waals surface area (Å²) in [6, 6.07) is 0. The van der Waals surface area contributed by atoms with E-state index in [0.29, 0.717) is 0 Å². The molecule has 0 aliphatic rings. The van der Waals surface area contributed by atoms with Crippen molar-refractivity contribution in [1.29, 1.82) is 0 Å². The van der Waals surface area contributed by atoms with Crippen LogP contribution in [0.2, 0.25) is 0 Å². The van der Waals surface area contributed by atoms with E-state index in [-0.39, 0.29) is 11.7 Å². The van der Waals surface area contributed by atoms with E-state index in [9.17, 15) is 9.59 Å². The number of amides is 1. The minimum atomic E-state index is -0.692. The van der Waals surface area contributed by atoms with Crippen molar-refractivity contribution in [2.45, 2.75) is 11.8 Å². The zero-order valence-electron chi connectivity index (χ0n) is 5.27. The van der Waals surface area contributed by atoms with Gasteiger partial charge in [0.25, 0.3) is 0 Å². The Bertz CT molecular complexity index is 135. The largest absolute Gasteiger partial charge is 0.358 e. The van der Waals surface area contributed by atoms with E-state index in [0.717, 1.165) is 0 Å². The van der Waals surface area contributed by atoms with Gasteiger partial charge >= 0.3 is 0 Å². The summed E-state index contributed by atoms with van der Waals surface area (Å²) >= 11 is 2.91. The Balaban J connectivity index is 3.88. The second-order valence-corrected chi connectivity index (χ2v) is 2.50. The van der Waals surface area contributed by atoms with E-state index < -0.39 is 4.83 Å². The highest BCUT2D eigenvalue weighted by atomic mass is 79.9. The molecule has 1 atom stereocenters. The van der Waals surface area contributed by atoms with Crippen molar-refractivity contribution in [3.63, 3.8) is 0 Å². The lowest BCUT2D eigenvalue weighted by Gasteiger charge is -2.01. The smallest absolute Gasteiger partial charge is 0.241 e. The highest BCUT2D eigenvalue weighted by Gasteiger charge is 2.16. The van der Waals surface area contributed by atoms with E-state index >= 15 is 0 Å². The zero-order chi connectivity index (χ0) is 7.44. The first kappa shape index (κ1) is 8.62. The predicted molar refractivity (Wildman–Crippen MR) is 37.5 cm³/mol. The molecule has 0 aliphatic carbocycles. The Labute approximate surface area is 61.9 Å². The van der Waals surface area contributed by atoms with Gasteiger partial charge in [0, 0.05) is 7.05 Å². The monoisotopic (exact) mass is 193 g/mol. The van der Waals surface area contributed by atoms with Gasteiger partial charge in [0.15, 0.2) is 10.6 Å². The van der Waals surface area contributed by atoms with Crippen molar-refractivity contribution in [1.82, 2.24) is 5.32 Å². The highest BCUT2D eigenvalue weighted by Crippen LogP contribution is 1.99. The van der Waals surface area contributed by atoms with Crippen LogP contribution >= 0.6 is 15.9 Å². The van der Waals surface area contributed by atoms with E-state index in [4.69, 9.17) is 0 Å². The molecule has 0 rings (SSSR count). The third kappa shape index (κ3) is 2.60. The first-order chi connectivity index (χ1) is 4.09. The fraction of sp³-hybridized carbons (Fsp3) is 0.600. The van der Waals surface area contributed by atoms with E-state index in [1.54, 1.807) is 0 Å². The van der Waals surface area contributed by atoms with Crippen LogP contribution in [0.4, 0.5) is 0 Å². The lowest BCUT2D eigenvalue weighted by Crippen LogP contribution is -2.32. The van der Waals surface area contributed by atoms with Crippen LogP contribution in [-0.4, -0.2) is 23.6 Å². The fourth-order valence-corrected chi connectivity index (χ4v) is 0.540. The van der Waals surface area contributed by atoms with Crippen molar-refractivity contribution >= 4 is 27.6 Å². The highest BCUT2D eigenvalue weighted by molar-refractivity contribution is 9.10. The van der Waals surface area contributed by atoms with Crippen molar-refractivity contribution in [3.05, 3.63) is 0 Å². The summed E-state index contributed by atoms with van der Waals surface area (Å²) in [5.41, 5.74) is 0. The van der Waals surface area contributed by atoms with Crippen LogP contribution in [0.15, 0.2) is 0 Å². The number of hydrogen-bond acceptors (Lipinski definition) is 2. The van der Waals surface area contributed by atoms with Gasteiger partial charge in [0.1, 0.15) is 0 Å². The van der Waals surface area contributed by atoms with Gasteiger partial charge in [0.05, 0.1) is 0 Å². The Morgan fingerprint density at radius 3 is 2.11 bits per heavy atom. The molecule has 1 unspecified atom stereocenters. The van der Waals surface area contributed by atoms with Gasteiger partial charge in [-0.25, -0.2) is 0 Å². The Hall–Kier alpha value is -0.380. The molecular formula is C5H8BrNO2. The van der Waals surface area contributed by atoms with Gasteiger partial charge in [-0.15, -0.1) is 0 Å². The van der Waals surface area contributed by atoms with Crippen LogP contribution in [0.1, 0.15) is 6.92 Å². The molecule has 0 aromatic rings. The van der Waals surface area contributed by atoms with Gasteiger partial charge in [-0.05, 0) is 6.92 Å². The number of rotatable bonds is 2. The second-order valence-electron chi connectivity index (χ2n) is 1.59. The molecule has 0 spiro atoms. The van der Waals surface area contributed by atoms with Gasteiger partial charge in [-0.3, -0.25) is 9.59 Å². The summed E-state index contributed by atoms with van der Waals surface area (Å²) in [5.74, 6) is -0.489. The summed E-state index contributed by atoms with van der Waals surface area (Å²) < 4.78 is 0. The standard InChI is InChI=1S/C5H8BrNO2/c1-3(8)4(6)5(9)7-2/h4H,1-2H3,(H,7,9). The summed E-state index contributed by atoms with van der Waals surface area (Å²) in [6.45, 7) is 1.36. The molecule has 1 amide bonds. The summed E-state index contributed by atoms with van der Waals surface area (Å²) in [4.78, 5) is 20.3. The van der Waals surface area contributed by atoms with E-state index in [2.05, 4.69) is 21.2 Å². The Morgan fingerprint density at radius 2 is 2.00 bits per heavy atom. The molecule has 3 nitrogen and oxygen atoms in total. The normalized spacial score (nSPS) is 12.3. The number of hydrogen-bond donors (Lipinski definition) is 1. The third-order valence-electron chi connectivity index (χ3n) is 0.834. The number of nitrogens with one attached hydrogen (secondary N) is 1. The molecule has 1 N–H and O–H groups in total. The molecular weight excluding hydrogens is 186 g/mol. The maximum absolute atomic E-state index is 10.6. The quantitative estimate of drug-likeness (QED) is 0.500. The number of carbonyl (C=O) groups excluding carboxylic acids is 2. The van der Waals surface area contributed by atoms with Crippen LogP contribution in [0.25, 0.3) is 0 Å². The molecule has 9 heavy (non-hydrogen) atoms. The maximum atomic E-state index is 10.6. The summed E-state index contributed by atoms with van der Waals surface area (Å²) in [5, 5.41) is 2.34. The first-order valence-electron chi connectivity index (χ1n) is 2.45. The van der Waals surface area contributed by atoms with Gasteiger partial charge in [0.2, 0.25) is 5.91 Å². The number of carbonyl (C=O) groups is 2. The molecule has 0 aromatic heterocycles. The van der Waals surface area contributed by atoms with Gasteiger partial charge in [-0.2, -0.15) is 0 Å². The zero-order valence-corrected chi connectivity index (χ0v) is 6.86. The predicted octanol–water partition coefficient (Wildman–Crippen LogP) is 0.0849.